The van der Waals surface area contributed by atoms with Crippen molar-refractivity contribution in [2.45, 2.75) is 32.2 Å². The Labute approximate surface area is 116 Å². The van der Waals surface area contributed by atoms with Crippen molar-refractivity contribution < 1.29 is 4.74 Å². The van der Waals surface area contributed by atoms with Gasteiger partial charge in [0.2, 0.25) is 0 Å². The Morgan fingerprint density at radius 3 is 2.47 bits per heavy atom. The van der Waals surface area contributed by atoms with Gasteiger partial charge in [-0.05, 0) is 63.1 Å². The Morgan fingerprint density at radius 1 is 1.21 bits per heavy atom. The van der Waals surface area contributed by atoms with Crippen LogP contribution in [0.4, 0.5) is 0 Å². The summed E-state index contributed by atoms with van der Waals surface area (Å²) in [6.45, 7) is 7.01. The van der Waals surface area contributed by atoms with Crippen LogP contribution in [-0.2, 0) is 6.42 Å². The monoisotopic (exact) mass is 262 g/mol. The lowest BCUT2D eigenvalue weighted by Crippen LogP contribution is -2.42. The van der Waals surface area contributed by atoms with E-state index in [0.29, 0.717) is 6.04 Å². The highest BCUT2D eigenvalue weighted by Crippen LogP contribution is 2.12. The molecule has 0 spiro atoms. The molecule has 0 aliphatic carbocycles. The summed E-state index contributed by atoms with van der Waals surface area (Å²) in [6.07, 6.45) is 3.67. The molecule has 0 bridgehead atoms. The summed E-state index contributed by atoms with van der Waals surface area (Å²) < 4.78 is 5.17. The smallest absolute Gasteiger partial charge is 0.118 e. The SMILES string of the molecule is CCN1CCC(NCCc2ccc(OC)cc2)CC1. The molecule has 0 radical (unpaired) electrons. The summed E-state index contributed by atoms with van der Waals surface area (Å²) in [5, 5.41) is 3.69. The van der Waals surface area contributed by atoms with Crippen LogP contribution in [0.25, 0.3) is 0 Å². The summed E-state index contributed by atoms with van der Waals surface area (Å²) in [6, 6.07) is 9.09. The number of benzene rings is 1. The molecule has 0 aromatic heterocycles. The topological polar surface area (TPSA) is 24.5 Å². The molecule has 1 saturated heterocycles. The Hall–Kier alpha value is -1.06. The fourth-order valence-corrected chi connectivity index (χ4v) is 2.67. The standard InChI is InChI=1S/C16H26N2O/c1-3-18-12-9-15(10-13-18)17-11-8-14-4-6-16(19-2)7-5-14/h4-7,15,17H,3,8-13H2,1-2H3. The van der Waals surface area contributed by atoms with Gasteiger partial charge in [-0.2, -0.15) is 0 Å². The summed E-state index contributed by atoms with van der Waals surface area (Å²) in [5.74, 6) is 0.934. The highest BCUT2D eigenvalue weighted by molar-refractivity contribution is 5.27. The summed E-state index contributed by atoms with van der Waals surface area (Å²) in [5.41, 5.74) is 1.37. The number of methoxy groups -OCH3 is 1. The summed E-state index contributed by atoms with van der Waals surface area (Å²) in [4.78, 5) is 2.53. The molecule has 1 fully saturated rings. The normalized spacial score (nSPS) is 17.6. The molecule has 1 aromatic rings. The third-order valence-corrected chi connectivity index (χ3v) is 4.04. The molecule has 19 heavy (non-hydrogen) atoms. The van der Waals surface area contributed by atoms with Gasteiger partial charge in [-0.25, -0.2) is 0 Å². The molecular formula is C16H26N2O. The zero-order valence-electron chi connectivity index (χ0n) is 12.2. The number of ether oxygens (including phenoxy) is 1. The largest absolute Gasteiger partial charge is 0.497 e. The van der Waals surface area contributed by atoms with Gasteiger partial charge in [0.15, 0.2) is 0 Å². The van der Waals surface area contributed by atoms with Crippen LogP contribution in [0.5, 0.6) is 5.75 Å². The van der Waals surface area contributed by atoms with Gasteiger partial charge in [-0.15, -0.1) is 0 Å². The molecular weight excluding hydrogens is 236 g/mol. The van der Waals surface area contributed by atoms with Gasteiger partial charge in [0.25, 0.3) is 0 Å². The van der Waals surface area contributed by atoms with Crippen LogP contribution in [0, 0.1) is 0 Å². The molecule has 0 saturated carbocycles. The van der Waals surface area contributed by atoms with E-state index in [1.807, 2.05) is 12.1 Å². The first-order chi connectivity index (χ1) is 9.31. The first kappa shape index (κ1) is 14.4. The van der Waals surface area contributed by atoms with Crippen LogP contribution in [0.2, 0.25) is 0 Å². The number of nitrogens with zero attached hydrogens (tertiary/aromatic N) is 1. The van der Waals surface area contributed by atoms with Gasteiger partial charge in [-0.3, -0.25) is 0 Å². The molecule has 1 heterocycles. The van der Waals surface area contributed by atoms with E-state index in [1.165, 1.54) is 38.0 Å². The lowest BCUT2D eigenvalue weighted by Gasteiger charge is -2.31. The number of rotatable bonds is 6. The van der Waals surface area contributed by atoms with Crippen molar-refractivity contribution in [2.75, 3.05) is 33.3 Å². The molecule has 1 aromatic carbocycles. The lowest BCUT2D eigenvalue weighted by atomic mass is 10.0. The van der Waals surface area contributed by atoms with E-state index in [0.717, 1.165) is 18.7 Å². The Bertz CT molecular complexity index is 356. The number of hydrogen-bond acceptors (Lipinski definition) is 3. The third kappa shape index (κ3) is 4.51. The van der Waals surface area contributed by atoms with Crippen LogP contribution in [0.15, 0.2) is 24.3 Å². The van der Waals surface area contributed by atoms with Gasteiger partial charge in [0.05, 0.1) is 7.11 Å². The predicted molar refractivity (Wildman–Crippen MR) is 79.8 cm³/mol. The number of nitrogens with one attached hydrogen (secondary N) is 1. The van der Waals surface area contributed by atoms with Crippen LogP contribution in [-0.4, -0.2) is 44.2 Å². The van der Waals surface area contributed by atoms with Gasteiger partial charge in [0.1, 0.15) is 5.75 Å². The fraction of sp³-hybridized carbons (Fsp3) is 0.625. The quantitative estimate of drug-likeness (QED) is 0.851. The van der Waals surface area contributed by atoms with Gasteiger partial charge in [-0.1, -0.05) is 19.1 Å². The minimum atomic E-state index is 0.709. The molecule has 0 amide bonds. The Kier molecular flexibility index (Phi) is 5.67. The average Bonchev–Trinajstić information content (AvgIpc) is 2.49. The molecule has 106 valence electrons. The zero-order valence-corrected chi connectivity index (χ0v) is 12.2. The molecule has 1 N–H and O–H groups in total. The number of piperidine rings is 1. The van der Waals surface area contributed by atoms with Crippen LogP contribution in [0.3, 0.4) is 0 Å². The predicted octanol–water partition coefficient (Wildman–Crippen LogP) is 2.31. The zero-order chi connectivity index (χ0) is 13.5. The summed E-state index contributed by atoms with van der Waals surface area (Å²) in [7, 11) is 1.71. The lowest BCUT2D eigenvalue weighted by molar-refractivity contribution is 0.207. The number of likely N-dealkylation sites (tertiary alicyclic amines) is 1. The van der Waals surface area contributed by atoms with E-state index in [9.17, 15) is 0 Å². The van der Waals surface area contributed by atoms with Gasteiger partial charge < -0.3 is 15.0 Å². The van der Waals surface area contributed by atoms with E-state index in [-0.39, 0.29) is 0 Å². The first-order valence-corrected chi connectivity index (χ1v) is 7.40. The molecule has 1 aliphatic rings. The maximum Gasteiger partial charge on any atom is 0.118 e. The molecule has 3 nitrogen and oxygen atoms in total. The van der Waals surface area contributed by atoms with Crippen LogP contribution >= 0.6 is 0 Å². The second-order valence-electron chi connectivity index (χ2n) is 5.26. The van der Waals surface area contributed by atoms with E-state index in [4.69, 9.17) is 4.74 Å². The molecule has 2 rings (SSSR count). The van der Waals surface area contributed by atoms with Crippen molar-refractivity contribution in [2.24, 2.45) is 0 Å². The van der Waals surface area contributed by atoms with Crippen molar-refractivity contribution in [1.82, 2.24) is 10.2 Å². The van der Waals surface area contributed by atoms with E-state index in [1.54, 1.807) is 7.11 Å². The highest BCUT2D eigenvalue weighted by Gasteiger charge is 2.16. The van der Waals surface area contributed by atoms with Crippen molar-refractivity contribution in [3.63, 3.8) is 0 Å². The van der Waals surface area contributed by atoms with Crippen molar-refractivity contribution in [1.29, 1.82) is 0 Å². The van der Waals surface area contributed by atoms with Crippen molar-refractivity contribution in [3.05, 3.63) is 29.8 Å². The van der Waals surface area contributed by atoms with Crippen molar-refractivity contribution >= 4 is 0 Å². The Balaban J connectivity index is 1.66. The second kappa shape index (κ2) is 7.51. The summed E-state index contributed by atoms with van der Waals surface area (Å²) >= 11 is 0. The second-order valence-corrected chi connectivity index (χ2v) is 5.26. The van der Waals surface area contributed by atoms with E-state index in [2.05, 4.69) is 29.3 Å². The van der Waals surface area contributed by atoms with E-state index < -0.39 is 0 Å². The maximum absolute atomic E-state index is 5.17. The van der Waals surface area contributed by atoms with Crippen LogP contribution < -0.4 is 10.1 Å². The minimum absolute atomic E-state index is 0.709. The fourth-order valence-electron chi connectivity index (χ4n) is 2.67. The minimum Gasteiger partial charge on any atom is -0.497 e. The molecule has 1 aliphatic heterocycles. The molecule has 0 atom stereocenters. The average molecular weight is 262 g/mol. The third-order valence-electron chi connectivity index (χ3n) is 4.04. The van der Waals surface area contributed by atoms with Crippen molar-refractivity contribution in [3.8, 4) is 5.75 Å². The van der Waals surface area contributed by atoms with Gasteiger partial charge >= 0.3 is 0 Å². The molecule has 3 heteroatoms. The van der Waals surface area contributed by atoms with Gasteiger partial charge in [0, 0.05) is 6.04 Å². The highest BCUT2D eigenvalue weighted by atomic mass is 16.5. The van der Waals surface area contributed by atoms with Crippen LogP contribution in [0.1, 0.15) is 25.3 Å². The number of hydrogen-bond donors (Lipinski definition) is 1. The van der Waals surface area contributed by atoms with E-state index >= 15 is 0 Å². The Morgan fingerprint density at radius 2 is 1.89 bits per heavy atom. The maximum atomic E-state index is 5.17. The first-order valence-electron chi connectivity index (χ1n) is 7.40. The molecule has 0 unspecified atom stereocenters.